The van der Waals surface area contributed by atoms with Gasteiger partial charge < -0.3 is 0 Å². The summed E-state index contributed by atoms with van der Waals surface area (Å²) in [5.74, 6) is 0. The van der Waals surface area contributed by atoms with Gasteiger partial charge in [-0.3, -0.25) is 4.84 Å². The number of unbranched alkanes of at least 4 members (excludes halogenated alkanes) is 12. The van der Waals surface area contributed by atoms with Crippen LogP contribution in [0.15, 0.2) is 0 Å². The molecule has 0 aliphatic heterocycles. The lowest BCUT2D eigenvalue weighted by Gasteiger charge is -2.36. The average Bonchev–Trinajstić information content (AvgIpc) is 2.56. The molecule has 0 N–H and O–H groups in total. The van der Waals surface area contributed by atoms with Crippen LogP contribution in [0.5, 0.6) is 0 Å². The van der Waals surface area contributed by atoms with E-state index in [2.05, 4.69) is 39.7 Å². The van der Waals surface area contributed by atoms with Crippen LogP contribution in [0.4, 0.5) is 0 Å². The molecule has 0 heterocycles. The Morgan fingerprint density at radius 1 is 0.625 bits per heavy atom. The fraction of sp³-hybridized carbons (Fsp3) is 1.00. The number of nitrogens with zero attached hydrogens (tertiary/aromatic N) is 1. The molecular formula is C22H47NO. The van der Waals surface area contributed by atoms with Crippen LogP contribution in [-0.4, -0.2) is 23.8 Å². The molecule has 0 fully saturated rings. The Hall–Kier alpha value is -0.0800. The third kappa shape index (κ3) is 13.2. The van der Waals surface area contributed by atoms with E-state index in [0.717, 1.165) is 13.2 Å². The Balaban J connectivity index is 3.41. The maximum atomic E-state index is 5.75. The van der Waals surface area contributed by atoms with Gasteiger partial charge in [0.25, 0.3) is 0 Å². The summed E-state index contributed by atoms with van der Waals surface area (Å²) < 4.78 is 0. The molecule has 0 rings (SSSR count). The molecule has 24 heavy (non-hydrogen) atoms. The van der Waals surface area contributed by atoms with Crippen LogP contribution in [0.1, 0.15) is 125 Å². The predicted molar refractivity (Wildman–Crippen MR) is 108 cm³/mol. The minimum Gasteiger partial charge on any atom is -0.299 e. The molecule has 0 aliphatic rings. The number of hydrogen-bond acceptors (Lipinski definition) is 2. The van der Waals surface area contributed by atoms with Crippen molar-refractivity contribution in [3.05, 3.63) is 0 Å². The van der Waals surface area contributed by atoms with Gasteiger partial charge in [-0.15, -0.1) is 0 Å². The first-order chi connectivity index (χ1) is 11.6. The lowest BCUT2D eigenvalue weighted by molar-refractivity contribution is -0.210. The number of rotatable bonds is 18. The molecule has 0 amide bonds. The van der Waals surface area contributed by atoms with Crippen LogP contribution in [0.2, 0.25) is 0 Å². The van der Waals surface area contributed by atoms with E-state index < -0.39 is 0 Å². The van der Waals surface area contributed by atoms with Crippen molar-refractivity contribution in [2.75, 3.05) is 13.2 Å². The fourth-order valence-corrected chi connectivity index (χ4v) is 3.55. The van der Waals surface area contributed by atoms with Gasteiger partial charge in [0.1, 0.15) is 0 Å². The third-order valence-electron chi connectivity index (χ3n) is 5.14. The second kappa shape index (κ2) is 16.4. The summed E-state index contributed by atoms with van der Waals surface area (Å²) in [5, 5.41) is 2.16. The van der Waals surface area contributed by atoms with E-state index in [1.807, 2.05) is 0 Å². The molecule has 0 aromatic rings. The van der Waals surface area contributed by atoms with E-state index in [-0.39, 0.29) is 5.54 Å². The van der Waals surface area contributed by atoms with Gasteiger partial charge >= 0.3 is 0 Å². The predicted octanol–water partition coefficient (Wildman–Crippen LogP) is 7.52. The summed E-state index contributed by atoms with van der Waals surface area (Å²) in [6.45, 7) is 12.9. The van der Waals surface area contributed by atoms with Gasteiger partial charge in [-0.05, 0) is 27.2 Å². The van der Waals surface area contributed by atoms with Crippen LogP contribution in [-0.2, 0) is 4.84 Å². The van der Waals surface area contributed by atoms with Crippen LogP contribution in [0.25, 0.3) is 0 Å². The molecule has 0 spiro atoms. The molecular weight excluding hydrogens is 294 g/mol. The van der Waals surface area contributed by atoms with Crippen molar-refractivity contribution < 1.29 is 4.84 Å². The SMILES string of the molecule is CCCCCCCCCCCCCCCC(C)(C)N(CC)OCC. The van der Waals surface area contributed by atoms with Crippen LogP contribution in [0, 0.1) is 0 Å². The second-order valence-electron chi connectivity index (χ2n) is 7.92. The minimum absolute atomic E-state index is 0.169. The van der Waals surface area contributed by atoms with Crippen molar-refractivity contribution in [2.45, 2.75) is 130 Å². The van der Waals surface area contributed by atoms with Gasteiger partial charge in [-0.1, -0.05) is 97.3 Å². The molecule has 0 aliphatic carbocycles. The van der Waals surface area contributed by atoms with Crippen LogP contribution in [0.3, 0.4) is 0 Å². The van der Waals surface area contributed by atoms with Gasteiger partial charge in [-0.2, -0.15) is 5.06 Å². The standard InChI is InChI=1S/C22H47NO/c1-6-9-10-11-12-13-14-15-16-17-18-19-20-21-22(4,5)23(7-2)24-8-3/h6-21H2,1-5H3. The summed E-state index contributed by atoms with van der Waals surface area (Å²) in [6, 6.07) is 0. The highest BCUT2D eigenvalue weighted by Gasteiger charge is 2.25. The highest BCUT2D eigenvalue weighted by molar-refractivity contribution is 4.76. The van der Waals surface area contributed by atoms with Gasteiger partial charge in [0.05, 0.1) is 6.61 Å². The highest BCUT2D eigenvalue weighted by Crippen LogP contribution is 2.23. The first kappa shape index (κ1) is 23.9. The molecule has 0 aromatic heterocycles. The molecule has 0 saturated heterocycles. The Morgan fingerprint density at radius 2 is 1.04 bits per heavy atom. The smallest absolute Gasteiger partial charge is 0.0657 e. The molecule has 0 saturated carbocycles. The monoisotopic (exact) mass is 341 g/mol. The fourth-order valence-electron chi connectivity index (χ4n) is 3.55. The zero-order valence-corrected chi connectivity index (χ0v) is 17.7. The summed E-state index contributed by atoms with van der Waals surface area (Å²) in [7, 11) is 0. The van der Waals surface area contributed by atoms with Crippen molar-refractivity contribution in [1.29, 1.82) is 0 Å². The molecule has 0 atom stereocenters. The van der Waals surface area contributed by atoms with E-state index >= 15 is 0 Å². The Kier molecular flexibility index (Phi) is 16.3. The number of hydrogen-bond donors (Lipinski definition) is 0. The van der Waals surface area contributed by atoms with Gasteiger partial charge in [0.15, 0.2) is 0 Å². The van der Waals surface area contributed by atoms with Gasteiger partial charge in [0, 0.05) is 12.1 Å². The first-order valence-corrected chi connectivity index (χ1v) is 11.0. The molecule has 0 unspecified atom stereocenters. The van der Waals surface area contributed by atoms with Crippen molar-refractivity contribution in [3.8, 4) is 0 Å². The van der Waals surface area contributed by atoms with Gasteiger partial charge in [-0.25, -0.2) is 0 Å². The topological polar surface area (TPSA) is 12.5 Å². The van der Waals surface area contributed by atoms with Gasteiger partial charge in [0.2, 0.25) is 0 Å². The summed E-state index contributed by atoms with van der Waals surface area (Å²) in [5.41, 5.74) is 0.169. The third-order valence-corrected chi connectivity index (χ3v) is 5.14. The maximum absolute atomic E-state index is 5.75. The van der Waals surface area contributed by atoms with E-state index in [1.54, 1.807) is 0 Å². The van der Waals surface area contributed by atoms with E-state index in [1.165, 1.54) is 89.9 Å². The average molecular weight is 342 g/mol. The summed E-state index contributed by atoms with van der Waals surface area (Å²) >= 11 is 0. The zero-order valence-electron chi connectivity index (χ0n) is 17.7. The van der Waals surface area contributed by atoms with Crippen LogP contribution < -0.4 is 0 Å². The van der Waals surface area contributed by atoms with E-state index in [0.29, 0.717) is 0 Å². The number of hydroxylamine groups is 2. The largest absolute Gasteiger partial charge is 0.299 e. The quantitative estimate of drug-likeness (QED) is 0.189. The van der Waals surface area contributed by atoms with Crippen molar-refractivity contribution in [1.82, 2.24) is 5.06 Å². The lowest BCUT2D eigenvalue weighted by atomic mass is 9.95. The summed E-state index contributed by atoms with van der Waals surface area (Å²) in [6.07, 6.45) is 19.8. The van der Waals surface area contributed by atoms with Crippen molar-refractivity contribution >= 4 is 0 Å². The van der Waals surface area contributed by atoms with Crippen LogP contribution >= 0.6 is 0 Å². The zero-order chi connectivity index (χ0) is 18.1. The van der Waals surface area contributed by atoms with E-state index in [9.17, 15) is 0 Å². The Labute approximate surface area is 153 Å². The van der Waals surface area contributed by atoms with E-state index in [4.69, 9.17) is 4.84 Å². The molecule has 2 nitrogen and oxygen atoms in total. The van der Waals surface area contributed by atoms with Crippen molar-refractivity contribution in [2.24, 2.45) is 0 Å². The highest BCUT2D eigenvalue weighted by atomic mass is 16.7. The molecule has 2 heteroatoms. The first-order valence-electron chi connectivity index (χ1n) is 11.0. The normalized spacial score (nSPS) is 12.2. The lowest BCUT2D eigenvalue weighted by Crippen LogP contribution is -2.43. The molecule has 0 radical (unpaired) electrons. The molecule has 0 bridgehead atoms. The Bertz CT molecular complexity index is 252. The summed E-state index contributed by atoms with van der Waals surface area (Å²) in [4.78, 5) is 5.75. The second-order valence-corrected chi connectivity index (χ2v) is 7.92. The maximum Gasteiger partial charge on any atom is 0.0657 e. The van der Waals surface area contributed by atoms with Crippen molar-refractivity contribution in [3.63, 3.8) is 0 Å². The Morgan fingerprint density at radius 3 is 1.42 bits per heavy atom. The minimum atomic E-state index is 0.169. The molecule has 0 aromatic carbocycles. The molecule has 146 valence electrons.